The molecule has 2 aromatic carbocycles. The van der Waals surface area contributed by atoms with E-state index in [1.807, 2.05) is 0 Å². The third-order valence-electron chi connectivity index (χ3n) is 4.14. The fourth-order valence-electron chi connectivity index (χ4n) is 3.13. The summed E-state index contributed by atoms with van der Waals surface area (Å²) < 4.78 is 5.65. The van der Waals surface area contributed by atoms with E-state index < -0.39 is 23.4 Å². The largest absolute Gasteiger partial charge is 0.477 e. The second kappa shape index (κ2) is 4.23. The van der Waals surface area contributed by atoms with Crippen molar-refractivity contribution in [2.75, 3.05) is 10.6 Å². The van der Waals surface area contributed by atoms with Crippen molar-refractivity contribution in [2.24, 2.45) is 0 Å². The fourth-order valence-corrected chi connectivity index (χ4v) is 3.13. The molecular formula is C16H12N2O5. The molecule has 2 atom stereocenters. The van der Waals surface area contributed by atoms with E-state index in [9.17, 15) is 19.8 Å². The van der Waals surface area contributed by atoms with Crippen LogP contribution in [0.15, 0.2) is 48.5 Å². The lowest BCUT2D eigenvalue weighted by atomic mass is 9.88. The number of carbonyl (C=O) groups is 2. The van der Waals surface area contributed by atoms with Crippen molar-refractivity contribution in [3.8, 4) is 0 Å². The first kappa shape index (κ1) is 13.6. The molecule has 4 rings (SSSR count). The van der Waals surface area contributed by atoms with Crippen LogP contribution in [0.25, 0.3) is 0 Å². The lowest BCUT2D eigenvalue weighted by Gasteiger charge is -2.50. The van der Waals surface area contributed by atoms with E-state index in [1.54, 1.807) is 48.5 Å². The highest BCUT2D eigenvalue weighted by molar-refractivity contribution is 5.94. The Morgan fingerprint density at radius 1 is 0.783 bits per heavy atom. The van der Waals surface area contributed by atoms with E-state index in [-0.39, 0.29) is 0 Å². The maximum absolute atomic E-state index is 12.0. The minimum atomic E-state index is -1.98. The molecule has 0 spiro atoms. The average molecular weight is 312 g/mol. The van der Waals surface area contributed by atoms with Gasteiger partial charge >= 0.3 is 11.9 Å². The highest BCUT2D eigenvalue weighted by Gasteiger charge is 2.62. The molecule has 2 aromatic rings. The number of aliphatic carboxylic acids is 2. The van der Waals surface area contributed by atoms with Gasteiger partial charge in [0.2, 0.25) is 0 Å². The first-order valence-corrected chi connectivity index (χ1v) is 6.92. The summed E-state index contributed by atoms with van der Waals surface area (Å²) in [6.07, 6.45) is 0. The van der Waals surface area contributed by atoms with Gasteiger partial charge in [-0.1, -0.05) is 36.4 Å². The van der Waals surface area contributed by atoms with E-state index in [2.05, 4.69) is 10.6 Å². The smallest absolute Gasteiger partial charge is 0.362 e. The van der Waals surface area contributed by atoms with Gasteiger partial charge in [-0.3, -0.25) is 0 Å². The fraction of sp³-hybridized carbons (Fsp3) is 0.125. The quantitative estimate of drug-likeness (QED) is 0.669. The van der Waals surface area contributed by atoms with Crippen LogP contribution in [0.4, 0.5) is 11.4 Å². The van der Waals surface area contributed by atoms with Crippen LogP contribution in [0, 0.1) is 0 Å². The second-order valence-electron chi connectivity index (χ2n) is 5.42. The van der Waals surface area contributed by atoms with Gasteiger partial charge in [-0.2, -0.15) is 0 Å². The van der Waals surface area contributed by atoms with Gasteiger partial charge in [0.25, 0.3) is 11.4 Å². The lowest BCUT2D eigenvalue weighted by molar-refractivity contribution is -0.205. The van der Waals surface area contributed by atoms with Crippen LogP contribution in [0.2, 0.25) is 0 Å². The molecule has 0 aliphatic carbocycles. The van der Waals surface area contributed by atoms with Crippen LogP contribution >= 0.6 is 0 Å². The summed E-state index contributed by atoms with van der Waals surface area (Å²) in [7, 11) is 0. The highest BCUT2D eigenvalue weighted by Crippen LogP contribution is 2.51. The Kier molecular flexibility index (Phi) is 2.50. The van der Waals surface area contributed by atoms with E-state index in [0.717, 1.165) is 0 Å². The molecule has 2 heterocycles. The SMILES string of the molecule is O=C(O)C12Nc3ccccc3C(C(=O)O)(Nc3ccccc31)O2. The molecule has 7 heteroatoms. The number of hydrogen-bond donors (Lipinski definition) is 4. The zero-order chi connectivity index (χ0) is 16.2. The minimum Gasteiger partial charge on any atom is -0.477 e. The summed E-state index contributed by atoms with van der Waals surface area (Å²) >= 11 is 0. The van der Waals surface area contributed by atoms with Crippen molar-refractivity contribution >= 4 is 23.3 Å². The Bertz CT molecular complexity index is 782. The van der Waals surface area contributed by atoms with Crippen molar-refractivity contribution in [3.63, 3.8) is 0 Å². The zero-order valence-corrected chi connectivity index (χ0v) is 11.7. The molecule has 0 saturated carbocycles. The van der Waals surface area contributed by atoms with Crippen LogP contribution in [0.5, 0.6) is 0 Å². The molecule has 0 aromatic heterocycles. The molecule has 0 radical (unpaired) electrons. The summed E-state index contributed by atoms with van der Waals surface area (Å²) in [6, 6.07) is 13.2. The average Bonchev–Trinajstić information content (AvgIpc) is 2.54. The van der Waals surface area contributed by atoms with Crippen molar-refractivity contribution in [3.05, 3.63) is 59.7 Å². The predicted molar refractivity (Wildman–Crippen MR) is 79.8 cm³/mol. The first-order chi connectivity index (χ1) is 11.0. The van der Waals surface area contributed by atoms with Gasteiger partial charge < -0.3 is 25.6 Å². The van der Waals surface area contributed by atoms with Gasteiger partial charge in [-0.05, 0) is 12.1 Å². The van der Waals surface area contributed by atoms with Gasteiger partial charge in [0.1, 0.15) is 0 Å². The maximum atomic E-state index is 12.0. The molecule has 4 N–H and O–H groups in total. The number of nitrogens with one attached hydrogen (secondary N) is 2. The number of carboxylic acids is 2. The molecule has 2 aliphatic rings. The van der Waals surface area contributed by atoms with Crippen LogP contribution in [-0.2, 0) is 25.8 Å². The monoisotopic (exact) mass is 312 g/mol. The normalized spacial score (nSPS) is 27.0. The van der Waals surface area contributed by atoms with Crippen LogP contribution < -0.4 is 10.6 Å². The van der Waals surface area contributed by atoms with Crippen LogP contribution in [0.3, 0.4) is 0 Å². The Balaban J connectivity index is 2.08. The maximum Gasteiger partial charge on any atom is 0.362 e. The standard InChI is InChI=1S/C16H12N2O5/c19-13(20)15-9-5-1-3-7-11(9)17-16(23-15,14(21)22)10-6-2-4-8-12(10)18-15/h1-8,17-18H,(H,19,20)(H,21,22). The zero-order valence-electron chi connectivity index (χ0n) is 11.7. The molecule has 2 aliphatic heterocycles. The van der Waals surface area contributed by atoms with Gasteiger partial charge in [-0.15, -0.1) is 0 Å². The lowest BCUT2D eigenvalue weighted by Crippen LogP contribution is -2.63. The van der Waals surface area contributed by atoms with E-state index in [4.69, 9.17) is 4.74 Å². The minimum absolute atomic E-state index is 0.318. The molecule has 23 heavy (non-hydrogen) atoms. The molecule has 0 saturated heterocycles. The summed E-state index contributed by atoms with van der Waals surface area (Å²) in [5, 5.41) is 25.3. The summed E-state index contributed by atoms with van der Waals surface area (Å²) in [5.41, 5.74) is -2.53. The van der Waals surface area contributed by atoms with Crippen LogP contribution in [0.1, 0.15) is 11.1 Å². The number of benzene rings is 2. The Morgan fingerprint density at radius 2 is 1.17 bits per heavy atom. The van der Waals surface area contributed by atoms with Crippen molar-refractivity contribution in [1.82, 2.24) is 0 Å². The number of ether oxygens (including phenoxy) is 1. The Morgan fingerprint density at radius 3 is 1.57 bits per heavy atom. The van der Waals surface area contributed by atoms with Crippen molar-refractivity contribution in [1.29, 1.82) is 0 Å². The van der Waals surface area contributed by atoms with Gasteiger partial charge in [-0.25, -0.2) is 9.59 Å². The molecule has 0 amide bonds. The number of fused-ring (bicyclic) bond motifs is 6. The molecule has 7 nitrogen and oxygen atoms in total. The van der Waals surface area contributed by atoms with E-state index in [0.29, 0.717) is 22.5 Å². The van der Waals surface area contributed by atoms with Crippen molar-refractivity contribution in [2.45, 2.75) is 11.4 Å². The number of rotatable bonds is 2. The van der Waals surface area contributed by atoms with Gasteiger partial charge in [0, 0.05) is 22.5 Å². The first-order valence-electron chi connectivity index (χ1n) is 6.92. The van der Waals surface area contributed by atoms with Crippen LogP contribution in [-0.4, -0.2) is 22.2 Å². The number of anilines is 2. The third kappa shape index (κ3) is 1.56. The molecule has 2 bridgehead atoms. The van der Waals surface area contributed by atoms with Gasteiger partial charge in [0.05, 0.1) is 0 Å². The molecule has 2 unspecified atom stereocenters. The van der Waals surface area contributed by atoms with E-state index in [1.165, 1.54) is 0 Å². The molecular weight excluding hydrogens is 300 g/mol. The number of carboxylic acid groups (broad SMARTS) is 2. The summed E-state index contributed by atoms with van der Waals surface area (Å²) in [5.74, 6) is -2.63. The topological polar surface area (TPSA) is 108 Å². The third-order valence-corrected chi connectivity index (χ3v) is 4.14. The van der Waals surface area contributed by atoms with E-state index >= 15 is 0 Å². The molecule has 0 fully saturated rings. The van der Waals surface area contributed by atoms with Crippen molar-refractivity contribution < 1.29 is 24.5 Å². The Labute approximate surface area is 130 Å². The summed E-state index contributed by atoms with van der Waals surface area (Å²) in [4.78, 5) is 24.0. The Hall–Kier alpha value is -3.06. The number of para-hydroxylation sites is 2. The summed E-state index contributed by atoms with van der Waals surface area (Å²) in [6.45, 7) is 0. The van der Waals surface area contributed by atoms with Gasteiger partial charge in [0.15, 0.2) is 0 Å². The highest BCUT2D eigenvalue weighted by atomic mass is 16.6. The second-order valence-corrected chi connectivity index (χ2v) is 5.42. The molecule has 116 valence electrons. The predicted octanol–water partition coefficient (Wildman–Crippen LogP) is 1.73. The number of hydrogen-bond acceptors (Lipinski definition) is 5.